The quantitative estimate of drug-likeness (QED) is 0.930. The molecule has 2 N–H and O–H groups in total. The maximum absolute atomic E-state index is 6.67. The predicted octanol–water partition coefficient (Wildman–Crippen LogP) is 2.72. The van der Waals surface area contributed by atoms with Crippen molar-refractivity contribution < 1.29 is 9.47 Å². The lowest BCUT2D eigenvalue weighted by molar-refractivity contribution is 0.123. The van der Waals surface area contributed by atoms with Crippen molar-refractivity contribution in [3.8, 4) is 11.5 Å². The fraction of sp³-hybridized carbons (Fsp3) is 0.647. The summed E-state index contributed by atoms with van der Waals surface area (Å²) < 4.78 is 11.5. The minimum absolute atomic E-state index is 0.00662. The molecule has 1 aromatic rings. The highest BCUT2D eigenvalue weighted by Crippen LogP contribution is 2.43. The second kappa shape index (κ2) is 5.85. The Balaban J connectivity index is 1.90. The van der Waals surface area contributed by atoms with Gasteiger partial charge in [0.1, 0.15) is 0 Å². The van der Waals surface area contributed by atoms with Crippen molar-refractivity contribution in [2.24, 2.45) is 5.73 Å². The molecule has 0 amide bonds. The third-order valence-electron chi connectivity index (χ3n) is 5.07. The van der Waals surface area contributed by atoms with Gasteiger partial charge in [0.2, 0.25) is 0 Å². The maximum Gasteiger partial charge on any atom is 0.161 e. The third kappa shape index (κ3) is 2.62. The Hall–Kier alpha value is -1.26. The van der Waals surface area contributed by atoms with Gasteiger partial charge in [-0.05, 0) is 44.6 Å². The van der Waals surface area contributed by atoms with E-state index in [2.05, 4.69) is 31.1 Å². The molecule has 1 aliphatic heterocycles. The van der Waals surface area contributed by atoms with E-state index in [0.717, 1.165) is 42.9 Å². The zero-order valence-corrected chi connectivity index (χ0v) is 13.1. The van der Waals surface area contributed by atoms with E-state index in [4.69, 9.17) is 15.2 Å². The minimum atomic E-state index is 0.00662. The fourth-order valence-electron chi connectivity index (χ4n) is 3.71. The van der Waals surface area contributed by atoms with Crippen LogP contribution in [0.15, 0.2) is 18.2 Å². The van der Waals surface area contributed by atoms with Gasteiger partial charge in [0.05, 0.1) is 13.2 Å². The van der Waals surface area contributed by atoms with Gasteiger partial charge < -0.3 is 20.1 Å². The van der Waals surface area contributed by atoms with Crippen LogP contribution in [0.3, 0.4) is 0 Å². The molecule has 4 heteroatoms. The van der Waals surface area contributed by atoms with E-state index < -0.39 is 0 Å². The van der Waals surface area contributed by atoms with Gasteiger partial charge in [0.25, 0.3) is 0 Å². The Kier molecular flexibility index (Phi) is 4.09. The Morgan fingerprint density at radius 2 is 1.71 bits per heavy atom. The van der Waals surface area contributed by atoms with Crippen LogP contribution in [0, 0.1) is 0 Å². The SMILES string of the molecule is CN(C)C1(C(N)c2ccc3c(c2)OCCCO3)CCCC1. The Labute approximate surface area is 127 Å². The maximum atomic E-state index is 6.67. The first-order chi connectivity index (χ1) is 10.1. The number of nitrogens with zero attached hydrogens (tertiary/aromatic N) is 1. The van der Waals surface area contributed by atoms with Crippen LogP contribution in [0.5, 0.6) is 11.5 Å². The van der Waals surface area contributed by atoms with E-state index in [9.17, 15) is 0 Å². The highest BCUT2D eigenvalue weighted by atomic mass is 16.5. The van der Waals surface area contributed by atoms with Crippen LogP contribution in [0.25, 0.3) is 0 Å². The van der Waals surface area contributed by atoms with Gasteiger partial charge in [-0.25, -0.2) is 0 Å². The first-order valence-electron chi connectivity index (χ1n) is 7.96. The van der Waals surface area contributed by atoms with Crippen molar-refractivity contribution in [2.45, 2.75) is 43.7 Å². The number of fused-ring (bicyclic) bond motifs is 1. The average molecular weight is 290 g/mol. The van der Waals surface area contributed by atoms with E-state index in [-0.39, 0.29) is 11.6 Å². The monoisotopic (exact) mass is 290 g/mol. The van der Waals surface area contributed by atoms with Crippen molar-refractivity contribution in [1.29, 1.82) is 0 Å². The summed E-state index contributed by atoms with van der Waals surface area (Å²) in [4.78, 5) is 2.31. The lowest BCUT2D eigenvalue weighted by Gasteiger charge is -2.41. The van der Waals surface area contributed by atoms with Crippen molar-refractivity contribution in [3.63, 3.8) is 0 Å². The van der Waals surface area contributed by atoms with Crippen LogP contribution in [-0.4, -0.2) is 37.7 Å². The summed E-state index contributed by atoms with van der Waals surface area (Å²) in [5.74, 6) is 1.68. The largest absolute Gasteiger partial charge is 0.490 e. The predicted molar refractivity (Wildman–Crippen MR) is 83.9 cm³/mol. The molecule has 4 nitrogen and oxygen atoms in total. The van der Waals surface area contributed by atoms with Gasteiger partial charge in [0.15, 0.2) is 11.5 Å². The molecule has 1 unspecified atom stereocenters. The van der Waals surface area contributed by atoms with Gasteiger partial charge in [0, 0.05) is 18.0 Å². The van der Waals surface area contributed by atoms with Crippen LogP contribution in [-0.2, 0) is 0 Å². The third-order valence-corrected chi connectivity index (χ3v) is 5.07. The summed E-state index contributed by atoms with van der Waals surface area (Å²) in [5, 5.41) is 0. The van der Waals surface area contributed by atoms with Crippen LogP contribution in [0.2, 0.25) is 0 Å². The molecule has 1 aromatic carbocycles. The van der Waals surface area contributed by atoms with Crippen LogP contribution < -0.4 is 15.2 Å². The number of rotatable bonds is 3. The summed E-state index contributed by atoms with van der Waals surface area (Å²) in [6.45, 7) is 1.44. The Morgan fingerprint density at radius 3 is 2.38 bits per heavy atom. The molecule has 1 fully saturated rings. The van der Waals surface area contributed by atoms with Gasteiger partial charge in [-0.15, -0.1) is 0 Å². The van der Waals surface area contributed by atoms with Crippen molar-refractivity contribution in [1.82, 2.24) is 4.90 Å². The smallest absolute Gasteiger partial charge is 0.161 e. The van der Waals surface area contributed by atoms with E-state index in [1.807, 2.05) is 6.07 Å². The zero-order valence-electron chi connectivity index (χ0n) is 13.1. The fourth-order valence-corrected chi connectivity index (χ4v) is 3.71. The molecular formula is C17H26N2O2. The van der Waals surface area contributed by atoms with Gasteiger partial charge in [-0.3, -0.25) is 0 Å². The highest BCUT2D eigenvalue weighted by Gasteiger charge is 2.42. The second-order valence-electron chi connectivity index (χ2n) is 6.44. The minimum Gasteiger partial charge on any atom is -0.490 e. The van der Waals surface area contributed by atoms with E-state index in [0.29, 0.717) is 6.61 Å². The van der Waals surface area contributed by atoms with Crippen LogP contribution in [0.4, 0.5) is 0 Å². The molecule has 21 heavy (non-hydrogen) atoms. The molecule has 1 aliphatic carbocycles. The van der Waals surface area contributed by atoms with Gasteiger partial charge in [-0.2, -0.15) is 0 Å². The summed E-state index contributed by atoms with van der Waals surface area (Å²) in [7, 11) is 4.29. The number of nitrogens with two attached hydrogens (primary N) is 1. The molecule has 0 aromatic heterocycles. The van der Waals surface area contributed by atoms with Gasteiger partial charge >= 0.3 is 0 Å². The molecule has 0 spiro atoms. The topological polar surface area (TPSA) is 47.7 Å². The summed E-state index contributed by atoms with van der Waals surface area (Å²) >= 11 is 0. The van der Waals surface area contributed by atoms with E-state index in [1.54, 1.807) is 0 Å². The Morgan fingerprint density at radius 1 is 1.05 bits per heavy atom. The second-order valence-corrected chi connectivity index (χ2v) is 6.44. The molecule has 2 aliphatic rings. The molecule has 0 radical (unpaired) electrons. The summed E-state index contributed by atoms with van der Waals surface area (Å²) in [5.41, 5.74) is 7.89. The normalized spacial score (nSPS) is 22.1. The van der Waals surface area contributed by atoms with Crippen LogP contribution in [0.1, 0.15) is 43.7 Å². The van der Waals surface area contributed by atoms with E-state index >= 15 is 0 Å². The molecule has 1 atom stereocenters. The lowest BCUT2D eigenvalue weighted by Crippen LogP contribution is -2.50. The first-order valence-corrected chi connectivity index (χ1v) is 7.96. The Bertz CT molecular complexity index is 496. The standard InChI is InChI=1S/C17H26N2O2/c1-19(2)17(8-3-4-9-17)16(18)13-6-7-14-15(12-13)21-11-5-10-20-14/h6-7,12,16H,3-5,8-11,18H2,1-2H3. The van der Waals surface area contributed by atoms with Crippen molar-refractivity contribution in [2.75, 3.05) is 27.3 Å². The molecule has 3 rings (SSSR count). The molecule has 1 saturated carbocycles. The number of likely N-dealkylation sites (N-methyl/N-ethyl adjacent to an activating group) is 1. The average Bonchev–Trinajstić information content (AvgIpc) is 2.87. The number of ether oxygens (including phenoxy) is 2. The van der Waals surface area contributed by atoms with Crippen LogP contribution >= 0.6 is 0 Å². The number of hydrogen-bond donors (Lipinski definition) is 1. The van der Waals surface area contributed by atoms with Crippen molar-refractivity contribution in [3.05, 3.63) is 23.8 Å². The summed E-state index contributed by atoms with van der Waals surface area (Å²) in [6.07, 6.45) is 5.77. The molecule has 1 heterocycles. The van der Waals surface area contributed by atoms with Gasteiger partial charge in [-0.1, -0.05) is 18.9 Å². The highest BCUT2D eigenvalue weighted by molar-refractivity contribution is 5.45. The first kappa shape index (κ1) is 14.7. The molecule has 116 valence electrons. The summed E-state index contributed by atoms with van der Waals surface area (Å²) in [6, 6.07) is 6.19. The van der Waals surface area contributed by atoms with E-state index in [1.165, 1.54) is 12.8 Å². The molecular weight excluding hydrogens is 264 g/mol. The van der Waals surface area contributed by atoms with Crippen molar-refractivity contribution >= 4 is 0 Å². The molecule has 0 saturated heterocycles. The number of hydrogen-bond acceptors (Lipinski definition) is 4. The molecule has 0 bridgehead atoms. The zero-order chi connectivity index (χ0) is 14.9. The number of benzene rings is 1. The lowest BCUT2D eigenvalue weighted by atomic mass is 9.83.